The predicted octanol–water partition coefficient (Wildman–Crippen LogP) is 11.0. The SMILES string of the molecule is FS(c1cccc2ccc3cccnc3c12)(c1cccc2ccc3cccnc3c12)c1cccc2ccc3cccnc3c12. The van der Waals surface area contributed by atoms with Crippen LogP contribution in [0.25, 0.3) is 65.0 Å². The average Bonchev–Trinajstić information content (AvgIpc) is 3.10. The van der Waals surface area contributed by atoms with Crippen LogP contribution in [0.2, 0.25) is 0 Å². The highest BCUT2D eigenvalue weighted by Crippen LogP contribution is 2.74. The quantitative estimate of drug-likeness (QED) is 0.194. The minimum Gasteiger partial charge on any atom is -0.256 e. The van der Waals surface area contributed by atoms with E-state index >= 15 is 3.89 Å². The Kier molecular flexibility index (Phi) is 5.46. The van der Waals surface area contributed by atoms with Gasteiger partial charge in [0.1, 0.15) is 0 Å². The van der Waals surface area contributed by atoms with Gasteiger partial charge in [-0.1, -0.05) is 91.0 Å². The lowest BCUT2D eigenvalue weighted by Gasteiger charge is -2.35. The van der Waals surface area contributed by atoms with Gasteiger partial charge in [-0.2, -0.15) is 3.89 Å². The number of benzene rings is 6. The molecule has 0 amide bonds. The maximum Gasteiger partial charge on any atom is 0.0792 e. The van der Waals surface area contributed by atoms with E-state index in [-0.39, 0.29) is 0 Å². The Morgan fingerprint density at radius 3 is 0.977 bits per heavy atom. The van der Waals surface area contributed by atoms with Crippen LogP contribution in [0.1, 0.15) is 0 Å². The molecule has 0 aliphatic rings. The fourth-order valence-corrected chi connectivity index (χ4v) is 9.70. The van der Waals surface area contributed by atoms with Crippen LogP contribution in [0.5, 0.6) is 0 Å². The summed E-state index contributed by atoms with van der Waals surface area (Å²) < 4.78 is 19.8. The Bertz CT molecular complexity index is 2310. The van der Waals surface area contributed by atoms with E-state index in [1.165, 1.54) is 0 Å². The molecule has 44 heavy (non-hydrogen) atoms. The summed E-state index contributed by atoms with van der Waals surface area (Å²) >= 11 is 0. The van der Waals surface area contributed by atoms with Crippen LogP contribution < -0.4 is 0 Å². The van der Waals surface area contributed by atoms with Gasteiger partial charge < -0.3 is 0 Å². The Balaban J connectivity index is 1.54. The third-order valence-electron chi connectivity index (χ3n) is 8.64. The zero-order valence-electron chi connectivity index (χ0n) is 23.5. The molecule has 0 bridgehead atoms. The van der Waals surface area contributed by atoms with E-state index in [1.54, 1.807) is 18.6 Å². The minimum atomic E-state index is -3.45. The highest BCUT2D eigenvalue weighted by Gasteiger charge is 2.37. The van der Waals surface area contributed by atoms with Crippen molar-refractivity contribution >= 4 is 75.4 Å². The second kappa shape index (κ2) is 9.56. The van der Waals surface area contributed by atoms with E-state index in [0.29, 0.717) is 14.7 Å². The molecule has 5 heteroatoms. The Hall–Kier alpha value is -5.39. The minimum absolute atomic E-state index is 0.625. The number of fused-ring (bicyclic) bond motifs is 9. The van der Waals surface area contributed by atoms with Crippen LogP contribution in [-0.4, -0.2) is 15.0 Å². The van der Waals surface area contributed by atoms with Crippen LogP contribution in [0, 0.1) is 0 Å². The van der Waals surface area contributed by atoms with Crippen molar-refractivity contribution in [3.63, 3.8) is 0 Å². The normalized spacial score (nSPS) is 12.6. The second-order valence-corrected chi connectivity index (χ2v) is 13.4. The number of hydrogen-bond donors (Lipinski definition) is 0. The molecule has 208 valence electrons. The van der Waals surface area contributed by atoms with Gasteiger partial charge in [0.05, 0.1) is 16.6 Å². The number of rotatable bonds is 3. The molecule has 0 N–H and O–H groups in total. The van der Waals surface area contributed by atoms with Gasteiger partial charge in [-0.15, -0.1) is 0 Å². The Morgan fingerprint density at radius 2 is 0.636 bits per heavy atom. The second-order valence-electron chi connectivity index (χ2n) is 11.0. The third-order valence-corrected chi connectivity index (χ3v) is 11.5. The molecular formula is C39H24FN3S. The molecule has 0 aliphatic heterocycles. The molecule has 0 saturated heterocycles. The lowest BCUT2D eigenvalue weighted by molar-refractivity contribution is 0.878. The van der Waals surface area contributed by atoms with E-state index in [4.69, 9.17) is 15.0 Å². The van der Waals surface area contributed by atoms with Gasteiger partial charge in [0, 0.05) is 65.6 Å². The summed E-state index contributed by atoms with van der Waals surface area (Å²) in [6, 6.07) is 42.2. The molecule has 9 rings (SSSR count). The van der Waals surface area contributed by atoms with Gasteiger partial charge >= 0.3 is 0 Å². The number of hydrogen-bond acceptors (Lipinski definition) is 3. The van der Waals surface area contributed by atoms with Gasteiger partial charge in [0.2, 0.25) is 0 Å². The van der Waals surface area contributed by atoms with Crippen LogP contribution in [0.4, 0.5) is 3.89 Å². The molecule has 0 radical (unpaired) electrons. The molecule has 0 aliphatic carbocycles. The number of nitrogens with zero attached hydrogens (tertiary/aromatic N) is 3. The van der Waals surface area contributed by atoms with Crippen molar-refractivity contribution < 1.29 is 3.89 Å². The molecule has 0 saturated carbocycles. The Labute approximate surface area is 254 Å². The number of aromatic nitrogens is 3. The summed E-state index contributed by atoms with van der Waals surface area (Å²) in [6.45, 7) is 0. The van der Waals surface area contributed by atoms with E-state index in [1.807, 2.05) is 91.0 Å². The summed E-state index contributed by atoms with van der Waals surface area (Å²) in [7, 11) is -3.45. The van der Waals surface area contributed by atoms with Crippen molar-refractivity contribution in [2.24, 2.45) is 0 Å². The van der Waals surface area contributed by atoms with Gasteiger partial charge in [-0.25, -0.2) is 0 Å². The fourth-order valence-electron chi connectivity index (χ4n) is 6.70. The first-order chi connectivity index (χ1) is 21.7. The highest BCUT2D eigenvalue weighted by atomic mass is 32.3. The van der Waals surface area contributed by atoms with Gasteiger partial charge in [-0.05, 0) is 63.0 Å². The van der Waals surface area contributed by atoms with Crippen LogP contribution >= 0.6 is 10.4 Å². The first kappa shape index (κ1) is 25.1. The summed E-state index contributed by atoms with van der Waals surface area (Å²) in [6.07, 6.45) is 5.37. The molecule has 0 unspecified atom stereocenters. The molecule has 3 heterocycles. The van der Waals surface area contributed by atoms with Crippen molar-refractivity contribution in [2.75, 3.05) is 0 Å². The first-order valence-corrected chi connectivity index (χ1v) is 16.1. The third kappa shape index (κ3) is 3.53. The number of halogens is 1. The first-order valence-electron chi connectivity index (χ1n) is 14.5. The molecule has 0 fully saturated rings. The van der Waals surface area contributed by atoms with E-state index in [0.717, 1.165) is 65.0 Å². The van der Waals surface area contributed by atoms with Gasteiger partial charge in [0.25, 0.3) is 0 Å². The van der Waals surface area contributed by atoms with Crippen molar-refractivity contribution in [1.82, 2.24) is 15.0 Å². The van der Waals surface area contributed by atoms with Crippen molar-refractivity contribution in [3.8, 4) is 0 Å². The maximum atomic E-state index is 19.8. The van der Waals surface area contributed by atoms with Crippen LogP contribution in [0.15, 0.2) is 161 Å². The average molecular weight is 586 g/mol. The maximum absolute atomic E-state index is 19.8. The standard InChI is InChI=1S/C39H24FN3S/c40-44(31-13-1-7-25-16-19-28-10-4-22-41-37(28)34(25)31,32-14-2-8-26-17-20-29-11-5-23-42-38(29)35(26)32)33-15-3-9-27-18-21-30-12-6-24-43-39(30)36(27)33/h1-24H. The Morgan fingerprint density at radius 1 is 0.341 bits per heavy atom. The molecule has 9 aromatic rings. The zero-order valence-corrected chi connectivity index (χ0v) is 24.3. The molecule has 6 aromatic carbocycles. The molecule has 3 nitrogen and oxygen atoms in total. The highest BCUT2D eigenvalue weighted by molar-refractivity contribution is 8.30. The van der Waals surface area contributed by atoms with E-state index in [2.05, 4.69) is 36.4 Å². The monoisotopic (exact) mass is 585 g/mol. The molecule has 0 spiro atoms. The lowest BCUT2D eigenvalue weighted by Crippen LogP contribution is -2.02. The zero-order chi connectivity index (χ0) is 29.3. The smallest absolute Gasteiger partial charge is 0.0792 e. The largest absolute Gasteiger partial charge is 0.256 e. The topological polar surface area (TPSA) is 38.7 Å². The van der Waals surface area contributed by atoms with Crippen LogP contribution in [0.3, 0.4) is 0 Å². The number of pyridine rings is 3. The summed E-state index contributed by atoms with van der Waals surface area (Å²) in [5, 5.41) is 8.28. The van der Waals surface area contributed by atoms with E-state index < -0.39 is 10.4 Å². The molecule has 0 atom stereocenters. The van der Waals surface area contributed by atoms with Crippen molar-refractivity contribution in [3.05, 3.63) is 146 Å². The predicted molar refractivity (Wildman–Crippen MR) is 181 cm³/mol. The molecular weight excluding hydrogens is 562 g/mol. The summed E-state index contributed by atoms with van der Waals surface area (Å²) in [5.41, 5.74) is 2.38. The van der Waals surface area contributed by atoms with Gasteiger partial charge in [-0.3, -0.25) is 15.0 Å². The van der Waals surface area contributed by atoms with Crippen molar-refractivity contribution in [2.45, 2.75) is 14.7 Å². The van der Waals surface area contributed by atoms with Crippen LogP contribution in [-0.2, 0) is 0 Å². The summed E-state index contributed by atoms with van der Waals surface area (Å²) in [4.78, 5) is 16.3. The molecule has 3 aromatic heterocycles. The lowest BCUT2D eigenvalue weighted by atomic mass is 10.1. The van der Waals surface area contributed by atoms with Crippen molar-refractivity contribution in [1.29, 1.82) is 0 Å². The summed E-state index contributed by atoms with van der Waals surface area (Å²) in [5.74, 6) is 0. The van der Waals surface area contributed by atoms with E-state index in [9.17, 15) is 0 Å². The fraction of sp³-hybridized carbons (Fsp3) is 0. The van der Waals surface area contributed by atoms with Gasteiger partial charge in [0.15, 0.2) is 0 Å².